The Kier molecular flexibility index (Phi) is 4.80. The molecule has 2 aromatic carbocycles. The lowest BCUT2D eigenvalue weighted by Gasteiger charge is -2.08. The second kappa shape index (κ2) is 7.35. The zero-order valence-corrected chi connectivity index (χ0v) is 13.1. The van der Waals surface area contributed by atoms with Gasteiger partial charge in [-0.2, -0.15) is 5.10 Å². The first-order valence-corrected chi connectivity index (χ1v) is 7.47. The molecule has 0 unspecified atom stereocenters. The summed E-state index contributed by atoms with van der Waals surface area (Å²) in [5.74, 6) is -0.640. The van der Waals surface area contributed by atoms with E-state index in [9.17, 15) is 14.3 Å². The van der Waals surface area contributed by atoms with Crippen LogP contribution in [0.4, 0.5) is 4.39 Å². The van der Waals surface area contributed by atoms with Gasteiger partial charge in [0.15, 0.2) is 0 Å². The van der Waals surface area contributed by atoms with E-state index in [1.807, 2.05) is 0 Å². The van der Waals surface area contributed by atoms with Crippen LogP contribution in [0.2, 0.25) is 0 Å². The van der Waals surface area contributed by atoms with E-state index in [1.54, 1.807) is 36.4 Å². The lowest BCUT2D eigenvalue weighted by Crippen LogP contribution is -2.20. The lowest BCUT2D eigenvalue weighted by atomic mass is 10.0. The van der Waals surface area contributed by atoms with Crippen molar-refractivity contribution in [2.45, 2.75) is 0 Å². The largest absolute Gasteiger partial charge is 0.508 e. The van der Waals surface area contributed by atoms with Crippen molar-refractivity contribution in [3.8, 4) is 5.75 Å². The first kappa shape index (κ1) is 16.3. The predicted octanol–water partition coefficient (Wildman–Crippen LogP) is 3.11. The standard InChI is InChI=1S/C19H14FN3O2/c20-16-5-1-13(2-6-16)18(14-3-7-17(24)8-4-14)22-23-19(25)15-9-11-21-12-10-15/h1-12,24H,(H,23,25)/b22-18-. The van der Waals surface area contributed by atoms with Crippen molar-refractivity contribution in [2.24, 2.45) is 5.10 Å². The molecule has 0 spiro atoms. The van der Waals surface area contributed by atoms with Crippen LogP contribution in [0.5, 0.6) is 5.75 Å². The normalized spacial score (nSPS) is 11.2. The third-order valence-electron chi connectivity index (χ3n) is 3.47. The second-order valence-corrected chi connectivity index (χ2v) is 5.19. The summed E-state index contributed by atoms with van der Waals surface area (Å²) in [5, 5.41) is 13.6. The van der Waals surface area contributed by atoms with Crippen molar-refractivity contribution in [3.05, 3.63) is 95.6 Å². The number of amides is 1. The van der Waals surface area contributed by atoms with E-state index in [1.165, 1.54) is 36.7 Å². The number of phenols is 1. The van der Waals surface area contributed by atoms with E-state index in [-0.39, 0.29) is 17.5 Å². The molecule has 5 nitrogen and oxygen atoms in total. The SMILES string of the molecule is O=C(N/N=C(\c1ccc(O)cc1)c1ccc(F)cc1)c1ccncc1. The number of carbonyl (C=O) groups is 1. The summed E-state index contributed by atoms with van der Waals surface area (Å²) in [6, 6.07) is 15.3. The Bertz CT molecular complexity index is 845. The van der Waals surface area contributed by atoms with Gasteiger partial charge in [-0.15, -0.1) is 0 Å². The number of rotatable bonds is 4. The Balaban J connectivity index is 1.94. The lowest BCUT2D eigenvalue weighted by molar-refractivity contribution is 0.0955. The molecule has 0 bridgehead atoms. The van der Waals surface area contributed by atoms with Gasteiger partial charge in [-0.05, 0) is 60.7 Å². The van der Waals surface area contributed by atoms with E-state index in [0.29, 0.717) is 22.4 Å². The molecule has 0 aliphatic heterocycles. The highest BCUT2D eigenvalue weighted by molar-refractivity contribution is 6.13. The third-order valence-corrected chi connectivity index (χ3v) is 3.47. The summed E-state index contributed by atoms with van der Waals surface area (Å²) in [4.78, 5) is 16.0. The zero-order valence-electron chi connectivity index (χ0n) is 13.1. The second-order valence-electron chi connectivity index (χ2n) is 5.19. The van der Waals surface area contributed by atoms with Crippen molar-refractivity contribution in [1.82, 2.24) is 10.4 Å². The average molecular weight is 335 g/mol. The Morgan fingerprint density at radius 3 is 2.04 bits per heavy atom. The molecule has 0 aliphatic rings. The fourth-order valence-corrected chi connectivity index (χ4v) is 2.20. The molecule has 3 aromatic rings. The summed E-state index contributed by atoms with van der Waals surface area (Å²) < 4.78 is 13.2. The topological polar surface area (TPSA) is 74.6 Å². The number of hydrogen-bond donors (Lipinski definition) is 2. The first-order valence-electron chi connectivity index (χ1n) is 7.47. The Hall–Kier alpha value is -3.54. The van der Waals surface area contributed by atoms with Gasteiger partial charge >= 0.3 is 0 Å². The summed E-state index contributed by atoms with van der Waals surface area (Å²) in [6.45, 7) is 0. The molecule has 0 saturated heterocycles. The van der Waals surface area contributed by atoms with E-state index in [4.69, 9.17) is 0 Å². The zero-order chi connectivity index (χ0) is 17.6. The van der Waals surface area contributed by atoms with Crippen molar-refractivity contribution in [2.75, 3.05) is 0 Å². The van der Waals surface area contributed by atoms with E-state index < -0.39 is 0 Å². The molecule has 124 valence electrons. The number of aromatic nitrogens is 1. The quantitative estimate of drug-likeness (QED) is 0.568. The number of hydrazone groups is 1. The number of halogens is 1. The van der Waals surface area contributed by atoms with Crippen LogP contribution in [-0.2, 0) is 0 Å². The maximum absolute atomic E-state index is 13.2. The number of nitrogens with one attached hydrogen (secondary N) is 1. The number of pyridine rings is 1. The Morgan fingerprint density at radius 1 is 0.880 bits per heavy atom. The van der Waals surface area contributed by atoms with Crippen LogP contribution in [0, 0.1) is 5.82 Å². The summed E-state index contributed by atoms with van der Waals surface area (Å²) in [5.41, 5.74) is 4.65. The highest BCUT2D eigenvalue weighted by atomic mass is 19.1. The van der Waals surface area contributed by atoms with Crippen LogP contribution in [0.25, 0.3) is 0 Å². The molecular formula is C19H14FN3O2. The fraction of sp³-hybridized carbons (Fsp3) is 0. The van der Waals surface area contributed by atoms with Crippen LogP contribution >= 0.6 is 0 Å². The van der Waals surface area contributed by atoms with Crippen molar-refractivity contribution in [1.29, 1.82) is 0 Å². The van der Waals surface area contributed by atoms with Crippen molar-refractivity contribution < 1.29 is 14.3 Å². The molecule has 2 N–H and O–H groups in total. The number of benzene rings is 2. The van der Waals surface area contributed by atoms with E-state index >= 15 is 0 Å². The Morgan fingerprint density at radius 2 is 1.44 bits per heavy atom. The van der Waals surface area contributed by atoms with Gasteiger partial charge in [0.05, 0.1) is 5.71 Å². The van der Waals surface area contributed by atoms with Gasteiger partial charge in [0.2, 0.25) is 0 Å². The van der Waals surface area contributed by atoms with Crippen LogP contribution in [-0.4, -0.2) is 21.7 Å². The fourth-order valence-electron chi connectivity index (χ4n) is 2.20. The molecule has 0 fully saturated rings. The molecule has 1 amide bonds. The molecule has 3 rings (SSSR count). The van der Waals surface area contributed by atoms with E-state index in [0.717, 1.165) is 0 Å². The number of phenolic OH excluding ortho intramolecular Hbond substituents is 1. The van der Waals surface area contributed by atoms with Gasteiger partial charge < -0.3 is 5.11 Å². The number of hydrogen-bond acceptors (Lipinski definition) is 4. The molecule has 1 aromatic heterocycles. The maximum atomic E-state index is 13.2. The molecule has 0 aliphatic carbocycles. The smallest absolute Gasteiger partial charge is 0.271 e. The van der Waals surface area contributed by atoms with Crippen LogP contribution < -0.4 is 5.43 Å². The van der Waals surface area contributed by atoms with Crippen molar-refractivity contribution >= 4 is 11.6 Å². The number of nitrogens with zero attached hydrogens (tertiary/aromatic N) is 2. The van der Waals surface area contributed by atoms with Crippen molar-refractivity contribution in [3.63, 3.8) is 0 Å². The number of carbonyl (C=O) groups excluding carboxylic acids is 1. The third kappa shape index (κ3) is 4.06. The highest BCUT2D eigenvalue weighted by Crippen LogP contribution is 2.15. The van der Waals surface area contributed by atoms with E-state index in [2.05, 4.69) is 15.5 Å². The molecule has 0 radical (unpaired) electrons. The summed E-state index contributed by atoms with van der Waals surface area (Å²) >= 11 is 0. The minimum Gasteiger partial charge on any atom is -0.508 e. The molecule has 1 heterocycles. The molecular weight excluding hydrogens is 321 g/mol. The highest BCUT2D eigenvalue weighted by Gasteiger charge is 2.10. The van der Waals surface area contributed by atoms with Crippen LogP contribution in [0.15, 0.2) is 78.2 Å². The van der Waals surface area contributed by atoms with Crippen LogP contribution in [0.3, 0.4) is 0 Å². The van der Waals surface area contributed by atoms with Gasteiger partial charge in [-0.3, -0.25) is 9.78 Å². The maximum Gasteiger partial charge on any atom is 0.271 e. The molecule has 0 atom stereocenters. The first-order chi connectivity index (χ1) is 12.1. The number of aromatic hydroxyl groups is 1. The monoisotopic (exact) mass is 335 g/mol. The summed E-state index contributed by atoms with van der Waals surface area (Å²) in [7, 11) is 0. The van der Waals surface area contributed by atoms with Crippen LogP contribution in [0.1, 0.15) is 21.5 Å². The predicted molar refractivity (Wildman–Crippen MR) is 91.8 cm³/mol. The summed E-state index contributed by atoms with van der Waals surface area (Å²) in [6.07, 6.45) is 3.03. The van der Waals surface area contributed by atoms with Gasteiger partial charge in [0.1, 0.15) is 11.6 Å². The minimum atomic E-state index is -0.388. The molecule has 25 heavy (non-hydrogen) atoms. The van der Waals surface area contributed by atoms with Gasteiger partial charge in [0.25, 0.3) is 5.91 Å². The van der Waals surface area contributed by atoms with Gasteiger partial charge in [-0.1, -0.05) is 0 Å². The molecule has 0 saturated carbocycles. The van der Waals surface area contributed by atoms with Gasteiger partial charge in [0, 0.05) is 29.1 Å². The van der Waals surface area contributed by atoms with Gasteiger partial charge in [-0.25, -0.2) is 9.82 Å². The average Bonchev–Trinajstić information content (AvgIpc) is 2.65. The minimum absolute atomic E-state index is 0.114. The molecule has 6 heteroatoms. The Labute approximate surface area is 143 Å².